The van der Waals surface area contributed by atoms with Crippen LogP contribution in [-0.2, 0) is 16.1 Å². The lowest BCUT2D eigenvalue weighted by atomic mass is 10.1. The van der Waals surface area contributed by atoms with Crippen molar-refractivity contribution < 1.29 is 9.59 Å². The highest BCUT2D eigenvalue weighted by molar-refractivity contribution is 6.31. The Hall–Kier alpha value is -2.44. The monoisotopic (exact) mass is 374 g/mol. The van der Waals surface area contributed by atoms with E-state index in [2.05, 4.69) is 10.3 Å². The standard InChI is InChI=1S/C17H12Cl2N4O2/c18-11-5-7-12(8-6-11)23-16(24)14-15(17(23)25)22(21-20-14)9-10-3-1-2-4-13(10)19/h1-8,14-15H,9H2/t14-,15-/m0/s1. The first-order valence-corrected chi connectivity index (χ1v) is 8.36. The summed E-state index contributed by atoms with van der Waals surface area (Å²) in [5.74, 6) is -0.739. The number of hydrogen-bond donors (Lipinski definition) is 0. The summed E-state index contributed by atoms with van der Waals surface area (Å²) in [5, 5.41) is 10.6. The van der Waals surface area contributed by atoms with Crippen LogP contribution >= 0.6 is 23.2 Å². The van der Waals surface area contributed by atoms with Gasteiger partial charge in [-0.05, 0) is 35.9 Å². The first kappa shape index (κ1) is 16.1. The van der Waals surface area contributed by atoms with Crippen LogP contribution < -0.4 is 4.90 Å². The van der Waals surface area contributed by atoms with Gasteiger partial charge in [0.1, 0.15) is 0 Å². The van der Waals surface area contributed by atoms with Gasteiger partial charge in [0, 0.05) is 10.0 Å². The lowest BCUT2D eigenvalue weighted by Gasteiger charge is -2.21. The van der Waals surface area contributed by atoms with Gasteiger partial charge in [0.05, 0.1) is 12.2 Å². The number of carbonyl (C=O) groups is 2. The van der Waals surface area contributed by atoms with Gasteiger partial charge in [-0.1, -0.05) is 46.6 Å². The molecule has 2 aromatic rings. The van der Waals surface area contributed by atoms with E-state index in [1.54, 1.807) is 30.3 Å². The zero-order chi connectivity index (χ0) is 17.6. The van der Waals surface area contributed by atoms with Gasteiger partial charge in [0.15, 0.2) is 12.1 Å². The topological polar surface area (TPSA) is 65.3 Å². The second-order valence-corrected chi connectivity index (χ2v) is 6.62. The van der Waals surface area contributed by atoms with Gasteiger partial charge in [0.2, 0.25) is 0 Å². The maximum absolute atomic E-state index is 12.8. The van der Waals surface area contributed by atoms with Crippen LogP contribution in [0.3, 0.4) is 0 Å². The second-order valence-electron chi connectivity index (χ2n) is 5.77. The molecule has 0 aliphatic carbocycles. The Morgan fingerprint density at radius 1 is 0.960 bits per heavy atom. The van der Waals surface area contributed by atoms with Gasteiger partial charge in [-0.25, -0.2) is 4.90 Å². The number of carbonyl (C=O) groups excluding carboxylic acids is 2. The molecule has 2 amide bonds. The minimum absolute atomic E-state index is 0.303. The number of imide groups is 1. The summed E-state index contributed by atoms with van der Waals surface area (Å²) in [6, 6.07) is 12.3. The molecule has 1 saturated heterocycles. The van der Waals surface area contributed by atoms with Crippen LogP contribution in [0.2, 0.25) is 10.0 Å². The van der Waals surface area contributed by atoms with E-state index < -0.39 is 12.1 Å². The van der Waals surface area contributed by atoms with Crippen LogP contribution in [0.5, 0.6) is 0 Å². The van der Waals surface area contributed by atoms with E-state index in [0.717, 1.165) is 10.5 Å². The highest BCUT2D eigenvalue weighted by atomic mass is 35.5. The highest BCUT2D eigenvalue weighted by Crippen LogP contribution is 2.33. The van der Waals surface area contributed by atoms with Crippen molar-refractivity contribution in [3.63, 3.8) is 0 Å². The van der Waals surface area contributed by atoms with Crippen molar-refractivity contribution >= 4 is 40.7 Å². The molecular formula is C17H12Cl2N4O2. The number of anilines is 1. The maximum Gasteiger partial charge on any atom is 0.263 e. The van der Waals surface area contributed by atoms with Gasteiger partial charge < -0.3 is 0 Å². The molecule has 0 bridgehead atoms. The fraction of sp³-hybridized carbons (Fsp3) is 0.176. The van der Waals surface area contributed by atoms with E-state index in [4.69, 9.17) is 23.2 Å². The van der Waals surface area contributed by atoms with Crippen molar-refractivity contribution in [1.29, 1.82) is 0 Å². The molecule has 0 unspecified atom stereocenters. The molecular weight excluding hydrogens is 363 g/mol. The predicted octanol–water partition coefficient (Wildman–Crippen LogP) is 3.49. The zero-order valence-electron chi connectivity index (χ0n) is 12.8. The summed E-state index contributed by atoms with van der Waals surface area (Å²) in [5.41, 5.74) is 1.29. The molecule has 0 saturated carbocycles. The van der Waals surface area contributed by atoms with Crippen LogP contribution in [0.25, 0.3) is 0 Å². The van der Waals surface area contributed by atoms with E-state index in [1.807, 2.05) is 18.2 Å². The minimum atomic E-state index is -0.828. The van der Waals surface area contributed by atoms with E-state index in [0.29, 0.717) is 22.3 Å². The molecule has 2 heterocycles. The molecule has 2 atom stereocenters. The smallest absolute Gasteiger partial charge is 0.263 e. The molecule has 126 valence electrons. The van der Waals surface area contributed by atoms with Crippen LogP contribution in [0.1, 0.15) is 5.56 Å². The van der Waals surface area contributed by atoms with Crippen molar-refractivity contribution in [2.24, 2.45) is 10.3 Å². The average Bonchev–Trinajstić information content (AvgIpc) is 3.12. The Morgan fingerprint density at radius 2 is 1.68 bits per heavy atom. The molecule has 1 fully saturated rings. The molecule has 6 nitrogen and oxygen atoms in total. The Bertz CT molecular complexity index is 884. The number of benzene rings is 2. The van der Waals surface area contributed by atoms with Crippen LogP contribution in [-0.4, -0.2) is 28.9 Å². The Morgan fingerprint density at radius 3 is 2.40 bits per heavy atom. The van der Waals surface area contributed by atoms with Gasteiger partial charge in [-0.2, -0.15) is 5.11 Å². The quantitative estimate of drug-likeness (QED) is 0.772. The van der Waals surface area contributed by atoms with Gasteiger partial charge in [-0.15, -0.1) is 0 Å². The molecule has 2 aromatic carbocycles. The summed E-state index contributed by atoms with van der Waals surface area (Å²) in [6.45, 7) is 0.303. The summed E-state index contributed by atoms with van der Waals surface area (Å²) in [4.78, 5) is 26.6. The average molecular weight is 375 g/mol. The summed E-state index contributed by atoms with van der Waals surface area (Å²) in [6.07, 6.45) is 0. The van der Waals surface area contributed by atoms with E-state index in [9.17, 15) is 9.59 Å². The number of hydrogen-bond acceptors (Lipinski definition) is 5. The molecule has 2 aliphatic heterocycles. The summed E-state index contributed by atoms with van der Waals surface area (Å²) < 4.78 is 0. The SMILES string of the molecule is O=C1[C@H]2N=NN(Cc3ccccc3Cl)[C@@H]2C(=O)N1c1ccc(Cl)cc1. The molecule has 8 heteroatoms. The zero-order valence-corrected chi connectivity index (χ0v) is 14.4. The van der Waals surface area contributed by atoms with Gasteiger partial charge in [0.25, 0.3) is 11.8 Å². The van der Waals surface area contributed by atoms with Crippen LogP contribution in [0.15, 0.2) is 58.9 Å². The Labute approximate surface area is 153 Å². The van der Waals surface area contributed by atoms with Crippen molar-refractivity contribution in [2.75, 3.05) is 4.90 Å². The van der Waals surface area contributed by atoms with Crippen molar-refractivity contribution in [3.05, 3.63) is 64.1 Å². The third kappa shape index (κ3) is 2.67. The molecule has 0 aromatic heterocycles. The van der Waals surface area contributed by atoms with Crippen LogP contribution in [0, 0.1) is 0 Å². The summed E-state index contributed by atoms with van der Waals surface area (Å²) >= 11 is 12.0. The molecule has 25 heavy (non-hydrogen) atoms. The second kappa shape index (κ2) is 6.13. The Balaban J connectivity index is 1.62. The minimum Gasteiger partial charge on any atom is -0.271 e. The van der Waals surface area contributed by atoms with Gasteiger partial charge >= 0.3 is 0 Å². The van der Waals surface area contributed by atoms with Gasteiger partial charge in [-0.3, -0.25) is 14.6 Å². The fourth-order valence-electron chi connectivity index (χ4n) is 3.00. The number of nitrogens with zero attached hydrogens (tertiary/aromatic N) is 4. The number of fused-ring (bicyclic) bond motifs is 1. The molecule has 0 spiro atoms. The summed E-state index contributed by atoms with van der Waals surface area (Å²) in [7, 11) is 0. The predicted molar refractivity (Wildman–Crippen MR) is 93.4 cm³/mol. The first-order valence-electron chi connectivity index (χ1n) is 7.60. The van der Waals surface area contributed by atoms with Crippen LogP contribution in [0.4, 0.5) is 5.69 Å². The molecule has 0 N–H and O–H groups in total. The number of rotatable bonds is 3. The maximum atomic E-state index is 12.8. The van der Waals surface area contributed by atoms with E-state index >= 15 is 0 Å². The molecule has 0 radical (unpaired) electrons. The molecule has 4 rings (SSSR count). The first-order chi connectivity index (χ1) is 12.1. The lowest BCUT2D eigenvalue weighted by Crippen LogP contribution is -2.39. The normalized spacial score (nSPS) is 22.0. The largest absolute Gasteiger partial charge is 0.271 e. The third-order valence-corrected chi connectivity index (χ3v) is 4.85. The van der Waals surface area contributed by atoms with E-state index in [1.165, 1.54) is 5.01 Å². The number of amides is 2. The van der Waals surface area contributed by atoms with Crippen molar-refractivity contribution in [3.8, 4) is 0 Å². The number of halogens is 2. The fourth-order valence-corrected chi connectivity index (χ4v) is 3.32. The Kier molecular flexibility index (Phi) is 3.94. The lowest BCUT2D eigenvalue weighted by molar-refractivity contribution is -0.123. The van der Waals surface area contributed by atoms with Crippen molar-refractivity contribution in [1.82, 2.24) is 5.01 Å². The third-order valence-electron chi connectivity index (χ3n) is 4.23. The molecule has 2 aliphatic rings. The van der Waals surface area contributed by atoms with E-state index in [-0.39, 0.29) is 11.8 Å². The van der Waals surface area contributed by atoms with Crippen molar-refractivity contribution in [2.45, 2.75) is 18.6 Å². The highest BCUT2D eigenvalue weighted by Gasteiger charge is 2.54.